The molecule has 146 valence electrons. The summed E-state index contributed by atoms with van der Waals surface area (Å²) >= 11 is 5.79. The van der Waals surface area contributed by atoms with Crippen molar-refractivity contribution in [1.29, 1.82) is 0 Å². The summed E-state index contributed by atoms with van der Waals surface area (Å²) in [5.74, 6) is 0.111. The summed E-state index contributed by atoms with van der Waals surface area (Å²) in [4.78, 5) is 12.2. The molecule has 0 saturated carbocycles. The molecule has 0 aliphatic heterocycles. The Hall–Kier alpha value is -3.13. The number of carbonyl (C=O) groups is 1. The van der Waals surface area contributed by atoms with Crippen LogP contribution in [0.1, 0.15) is 16.3 Å². The van der Waals surface area contributed by atoms with Gasteiger partial charge < -0.3 is 19.2 Å². The first-order chi connectivity index (χ1) is 13.3. The Morgan fingerprint density at radius 2 is 1.61 bits per heavy atom. The van der Waals surface area contributed by atoms with E-state index in [1.54, 1.807) is 30.3 Å². The van der Waals surface area contributed by atoms with Gasteiger partial charge in [-0.2, -0.15) is 0 Å². The van der Waals surface area contributed by atoms with Gasteiger partial charge in [-0.05, 0) is 60.7 Å². The van der Waals surface area contributed by atoms with Crippen LogP contribution in [0.2, 0.25) is 5.02 Å². The molecule has 1 heterocycles. The molecule has 0 radical (unpaired) electrons. The van der Waals surface area contributed by atoms with Crippen LogP contribution >= 0.6 is 11.6 Å². The van der Waals surface area contributed by atoms with Gasteiger partial charge >= 0.3 is 6.36 Å². The minimum Gasteiger partial charge on any atom is -0.486 e. The van der Waals surface area contributed by atoms with E-state index in [1.807, 2.05) is 0 Å². The van der Waals surface area contributed by atoms with Gasteiger partial charge in [0.1, 0.15) is 23.9 Å². The number of amides is 1. The first kappa shape index (κ1) is 19.6. The summed E-state index contributed by atoms with van der Waals surface area (Å²) in [5.41, 5.74) is 0.287. The number of carbonyl (C=O) groups excluding carboxylic acids is 1. The number of halogens is 4. The normalized spacial score (nSPS) is 11.1. The lowest BCUT2D eigenvalue weighted by atomic mass is 10.3. The van der Waals surface area contributed by atoms with Crippen molar-refractivity contribution >= 4 is 23.2 Å². The Balaban J connectivity index is 1.55. The highest BCUT2D eigenvalue weighted by Crippen LogP contribution is 2.24. The molecular weight excluding hydrogens is 399 g/mol. The number of benzene rings is 2. The van der Waals surface area contributed by atoms with Crippen LogP contribution in [0.25, 0.3) is 0 Å². The number of hydrogen-bond acceptors (Lipinski definition) is 4. The van der Waals surface area contributed by atoms with Crippen molar-refractivity contribution in [3.63, 3.8) is 0 Å². The first-order valence-corrected chi connectivity index (χ1v) is 8.30. The van der Waals surface area contributed by atoms with E-state index >= 15 is 0 Å². The summed E-state index contributed by atoms with van der Waals surface area (Å²) in [6.07, 6.45) is -4.77. The molecular formula is C19H13ClF3NO4. The molecule has 0 fully saturated rings. The van der Waals surface area contributed by atoms with E-state index in [9.17, 15) is 18.0 Å². The van der Waals surface area contributed by atoms with Crippen LogP contribution in [0.5, 0.6) is 11.5 Å². The maximum atomic E-state index is 12.2. The second kappa shape index (κ2) is 8.26. The third-order valence-corrected chi connectivity index (χ3v) is 3.68. The lowest BCUT2D eigenvalue weighted by molar-refractivity contribution is -0.274. The number of hydrogen-bond donors (Lipinski definition) is 1. The Morgan fingerprint density at radius 3 is 2.25 bits per heavy atom. The summed E-state index contributed by atoms with van der Waals surface area (Å²) in [7, 11) is 0. The van der Waals surface area contributed by atoms with Gasteiger partial charge in [-0.1, -0.05) is 11.6 Å². The summed E-state index contributed by atoms with van der Waals surface area (Å²) < 4.78 is 51.1. The van der Waals surface area contributed by atoms with Gasteiger partial charge in [0.25, 0.3) is 5.91 Å². The van der Waals surface area contributed by atoms with E-state index < -0.39 is 12.3 Å². The third-order valence-electron chi connectivity index (χ3n) is 3.43. The number of ether oxygens (including phenoxy) is 2. The molecule has 0 spiro atoms. The SMILES string of the molecule is O=C(Nc1ccc(OC(F)(F)F)cc1)c1ccc(COc2ccc(Cl)cc2)o1. The van der Waals surface area contributed by atoms with Gasteiger partial charge in [0.2, 0.25) is 0 Å². The molecule has 0 unspecified atom stereocenters. The number of furan rings is 1. The van der Waals surface area contributed by atoms with E-state index in [4.69, 9.17) is 20.8 Å². The van der Waals surface area contributed by atoms with Gasteiger partial charge in [0.15, 0.2) is 5.76 Å². The van der Waals surface area contributed by atoms with Gasteiger partial charge in [-0.3, -0.25) is 4.79 Å². The predicted octanol–water partition coefficient (Wildman–Crippen LogP) is 5.66. The minimum atomic E-state index is -4.77. The van der Waals surface area contributed by atoms with E-state index in [0.29, 0.717) is 16.5 Å². The van der Waals surface area contributed by atoms with E-state index in [0.717, 1.165) is 12.1 Å². The Labute approximate surface area is 162 Å². The molecule has 28 heavy (non-hydrogen) atoms. The molecule has 2 aromatic carbocycles. The highest BCUT2D eigenvalue weighted by Gasteiger charge is 2.31. The largest absolute Gasteiger partial charge is 0.573 e. The molecule has 5 nitrogen and oxygen atoms in total. The fourth-order valence-corrected chi connectivity index (χ4v) is 2.32. The van der Waals surface area contributed by atoms with E-state index in [2.05, 4.69) is 10.1 Å². The van der Waals surface area contributed by atoms with Crippen LogP contribution < -0.4 is 14.8 Å². The van der Waals surface area contributed by atoms with Gasteiger partial charge in [0.05, 0.1) is 0 Å². The minimum absolute atomic E-state index is 0.0327. The molecule has 0 saturated heterocycles. The van der Waals surface area contributed by atoms with Crippen LogP contribution in [0.4, 0.5) is 18.9 Å². The van der Waals surface area contributed by atoms with Crippen LogP contribution in [0.3, 0.4) is 0 Å². The Bertz CT molecular complexity index is 937. The lowest BCUT2D eigenvalue weighted by Gasteiger charge is -2.09. The van der Waals surface area contributed by atoms with Gasteiger partial charge in [-0.25, -0.2) is 0 Å². The zero-order valence-corrected chi connectivity index (χ0v) is 14.9. The maximum absolute atomic E-state index is 12.2. The molecule has 0 bridgehead atoms. The predicted molar refractivity (Wildman–Crippen MR) is 95.6 cm³/mol. The van der Waals surface area contributed by atoms with Crippen LogP contribution in [0, 0.1) is 0 Å². The second-order valence-electron chi connectivity index (χ2n) is 5.53. The quantitative estimate of drug-likeness (QED) is 0.568. The fourth-order valence-electron chi connectivity index (χ4n) is 2.20. The topological polar surface area (TPSA) is 60.7 Å². The Morgan fingerprint density at radius 1 is 0.964 bits per heavy atom. The lowest BCUT2D eigenvalue weighted by Crippen LogP contribution is -2.17. The van der Waals surface area contributed by atoms with E-state index in [-0.39, 0.29) is 23.8 Å². The summed E-state index contributed by atoms with van der Waals surface area (Å²) in [5, 5.41) is 3.10. The molecule has 3 aromatic rings. The standard InChI is InChI=1S/C19H13ClF3NO4/c20-12-1-5-14(6-2-12)26-11-16-9-10-17(27-16)18(25)24-13-3-7-15(8-4-13)28-19(21,22)23/h1-10H,11H2,(H,24,25). The smallest absolute Gasteiger partial charge is 0.486 e. The molecule has 9 heteroatoms. The molecule has 1 N–H and O–H groups in total. The number of alkyl halides is 3. The highest BCUT2D eigenvalue weighted by molar-refractivity contribution is 6.30. The summed E-state index contributed by atoms with van der Waals surface area (Å²) in [6.45, 7) is 0.110. The van der Waals surface area contributed by atoms with Crippen molar-refractivity contribution in [3.8, 4) is 11.5 Å². The molecule has 1 aromatic heterocycles. The van der Waals surface area contributed by atoms with Crippen LogP contribution in [0.15, 0.2) is 65.1 Å². The number of rotatable bonds is 6. The molecule has 0 aliphatic carbocycles. The van der Waals surface area contributed by atoms with Gasteiger partial charge in [0, 0.05) is 10.7 Å². The molecule has 1 amide bonds. The molecule has 0 atom stereocenters. The Kier molecular flexibility index (Phi) is 5.79. The zero-order chi connectivity index (χ0) is 20.1. The molecule has 3 rings (SSSR count). The zero-order valence-electron chi connectivity index (χ0n) is 14.1. The van der Waals surface area contributed by atoms with Crippen molar-refractivity contribution in [2.75, 3.05) is 5.32 Å². The van der Waals surface area contributed by atoms with Crippen molar-refractivity contribution in [2.45, 2.75) is 13.0 Å². The van der Waals surface area contributed by atoms with Gasteiger partial charge in [-0.15, -0.1) is 13.2 Å². The average Bonchev–Trinajstić information content (AvgIpc) is 3.11. The summed E-state index contributed by atoms with van der Waals surface area (Å²) in [6, 6.07) is 14.6. The highest BCUT2D eigenvalue weighted by atomic mass is 35.5. The van der Waals surface area contributed by atoms with Crippen LogP contribution in [-0.4, -0.2) is 12.3 Å². The second-order valence-corrected chi connectivity index (χ2v) is 5.97. The number of anilines is 1. The number of nitrogens with one attached hydrogen (secondary N) is 1. The van der Waals surface area contributed by atoms with Crippen molar-refractivity contribution in [3.05, 3.63) is 77.2 Å². The van der Waals surface area contributed by atoms with E-state index in [1.165, 1.54) is 18.2 Å². The first-order valence-electron chi connectivity index (χ1n) is 7.93. The average molecular weight is 412 g/mol. The van der Waals surface area contributed by atoms with Crippen LogP contribution in [-0.2, 0) is 6.61 Å². The monoisotopic (exact) mass is 411 g/mol. The molecule has 0 aliphatic rings. The fraction of sp³-hybridized carbons (Fsp3) is 0.105. The third kappa shape index (κ3) is 5.68. The van der Waals surface area contributed by atoms with Crippen molar-refractivity contribution < 1.29 is 31.9 Å². The van der Waals surface area contributed by atoms with Crippen molar-refractivity contribution in [1.82, 2.24) is 0 Å². The maximum Gasteiger partial charge on any atom is 0.573 e. The van der Waals surface area contributed by atoms with Crippen molar-refractivity contribution in [2.24, 2.45) is 0 Å².